The second-order valence-corrected chi connectivity index (χ2v) is 8.16. The Morgan fingerprint density at radius 2 is 1.04 bits per heavy atom. The van der Waals surface area contributed by atoms with Crippen molar-refractivity contribution < 1.29 is 20.1 Å². The molecule has 1 heterocycles. The molecule has 0 aromatic carbocycles. The summed E-state index contributed by atoms with van der Waals surface area (Å²) >= 11 is 0. The average molecular weight is 373 g/mol. The van der Waals surface area contributed by atoms with Gasteiger partial charge in [0.15, 0.2) is 0 Å². The van der Waals surface area contributed by atoms with Crippen LogP contribution in [0.2, 0.25) is 0 Å². The molecule has 1 saturated heterocycles. The molecule has 1 unspecified atom stereocenters. The summed E-state index contributed by atoms with van der Waals surface area (Å²) in [6.07, 6.45) is 17.5. The minimum Gasteiger partial charge on any atom is -0.388 e. The first-order chi connectivity index (χ1) is 12.7. The third-order valence-electron chi connectivity index (χ3n) is 5.70. The van der Waals surface area contributed by atoms with E-state index in [-0.39, 0.29) is 12.7 Å². The van der Waals surface area contributed by atoms with Crippen molar-refractivity contribution in [3.05, 3.63) is 0 Å². The van der Waals surface area contributed by atoms with E-state index in [0.29, 0.717) is 0 Å². The third-order valence-corrected chi connectivity index (χ3v) is 5.70. The van der Waals surface area contributed by atoms with Crippen molar-refractivity contribution in [1.82, 2.24) is 0 Å². The van der Waals surface area contributed by atoms with Gasteiger partial charge in [0.05, 0.1) is 12.7 Å². The molecule has 0 saturated carbocycles. The monoisotopic (exact) mass is 372 g/mol. The molecule has 3 N–H and O–H groups in total. The van der Waals surface area contributed by atoms with E-state index < -0.39 is 18.3 Å². The van der Waals surface area contributed by atoms with Gasteiger partial charge in [-0.25, -0.2) is 0 Å². The fourth-order valence-corrected chi connectivity index (χ4v) is 3.84. The van der Waals surface area contributed by atoms with Crippen LogP contribution in [0.1, 0.15) is 110 Å². The van der Waals surface area contributed by atoms with Gasteiger partial charge >= 0.3 is 0 Å². The van der Waals surface area contributed by atoms with Gasteiger partial charge in [0.1, 0.15) is 18.3 Å². The van der Waals surface area contributed by atoms with Gasteiger partial charge in [0, 0.05) is 0 Å². The fraction of sp³-hybridized carbons (Fsp3) is 1.00. The van der Waals surface area contributed by atoms with E-state index in [0.717, 1.165) is 19.3 Å². The molecule has 4 atom stereocenters. The van der Waals surface area contributed by atoms with Crippen molar-refractivity contribution in [2.75, 3.05) is 6.61 Å². The number of ether oxygens (including phenoxy) is 1. The third kappa shape index (κ3) is 10.9. The van der Waals surface area contributed by atoms with Crippen LogP contribution in [0.25, 0.3) is 0 Å². The van der Waals surface area contributed by atoms with Crippen LogP contribution in [0.4, 0.5) is 0 Å². The quantitative estimate of drug-likeness (QED) is 0.343. The van der Waals surface area contributed by atoms with Crippen LogP contribution in [0.3, 0.4) is 0 Å². The Bertz CT molecular complexity index is 311. The predicted octanol–water partition coefficient (Wildman–Crippen LogP) is 4.73. The molecule has 1 aliphatic rings. The average Bonchev–Trinajstić information content (AvgIpc) is 2.64. The highest BCUT2D eigenvalue weighted by atomic mass is 16.5. The lowest BCUT2D eigenvalue weighted by atomic mass is 9.95. The lowest BCUT2D eigenvalue weighted by Crippen LogP contribution is -2.52. The van der Waals surface area contributed by atoms with E-state index in [1.807, 2.05) is 0 Å². The molecule has 0 aromatic rings. The van der Waals surface area contributed by atoms with Crippen molar-refractivity contribution in [2.45, 2.75) is 134 Å². The molecule has 0 aromatic heterocycles. The van der Waals surface area contributed by atoms with Crippen molar-refractivity contribution in [1.29, 1.82) is 0 Å². The Morgan fingerprint density at radius 3 is 1.50 bits per heavy atom. The van der Waals surface area contributed by atoms with Gasteiger partial charge in [-0.05, 0) is 6.42 Å². The van der Waals surface area contributed by atoms with Crippen LogP contribution in [-0.4, -0.2) is 46.3 Å². The molecule has 0 bridgehead atoms. The van der Waals surface area contributed by atoms with Gasteiger partial charge in [0.2, 0.25) is 0 Å². The smallest absolute Gasteiger partial charge is 0.111 e. The van der Waals surface area contributed by atoms with Crippen molar-refractivity contribution in [3.63, 3.8) is 0 Å². The zero-order valence-corrected chi connectivity index (χ0v) is 17.1. The summed E-state index contributed by atoms with van der Waals surface area (Å²) in [4.78, 5) is 0. The summed E-state index contributed by atoms with van der Waals surface area (Å²) < 4.78 is 5.43. The molecule has 0 spiro atoms. The summed E-state index contributed by atoms with van der Waals surface area (Å²) in [5.41, 5.74) is 0. The Balaban J connectivity index is 1.80. The highest BCUT2D eigenvalue weighted by Crippen LogP contribution is 2.21. The van der Waals surface area contributed by atoms with Gasteiger partial charge < -0.3 is 20.1 Å². The highest BCUT2D eigenvalue weighted by Gasteiger charge is 2.36. The van der Waals surface area contributed by atoms with E-state index >= 15 is 0 Å². The van der Waals surface area contributed by atoms with E-state index in [4.69, 9.17) is 4.74 Å². The summed E-state index contributed by atoms with van der Waals surface area (Å²) in [7, 11) is 0. The largest absolute Gasteiger partial charge is 0.388 e. The van der Waals surface area contributed by atoms with Gasteiger partial charge in [-0.1, -0.05) is 103 Å². The van der Waals surface area contributed by atoms with Gasteiger partial charge in [-0.15, -0.1) is 0 Å². The van der Waals surface area contributed by atoms with Crippen LogP contribution in [-0.2, 0) is 4.74 Å². The van der Waals surface area contributed by atoms with Crippen LogP contribution in [0, 0.1) is 0 Å². The molecular weight excluding hydrogens is 328 g/mol. The Labute approximate surface area is 161 Å². The first kappa shape index (κ1) is 23.9. The minimum atomic E-state index is -1.06. The minimum absolute atomic E-state index is 0.127. The van der Waals surface area contributed by atoms with Crippen molar-refractivity contribution in [2.24, 2.45) is 0 Å². The summed E-state index contributed by atoms with van der Waals surface area (Å²) in [5, 5.41) is 29.0. The second kappa shape index (κ2) is 15.9. The number of aliphatic hydroxyl groups is 3. The lowest BCUT2D eigenvalue weighted by Gasteiger charge is -2.35. The zero-order chi connectivity index (χ0) is 19.0. The van der Waals surface area contributed by atoms with Crippen molar-refractivity contribution in [3.8, 4) is 0 Å². The lowest BCUT2D eigenvalue weighted by molar-refractivity contribution is -0.188. The molecule has 1 fully saturated rings. The second-order valence-electron chi connectivity index (χ2n) is 8.16. The number of hydrogen-bond acceptors (Lipinski definition) is 4. The van der Waals surface area contributed by atoms with Crippen LogP contribution in [0.15, 0.2) is 0 Å². The molecule has 4 heteroatoms. The van der Waals surface area contributed by atoms with Crippen LogP contribution >= 0.6 is 0 Å². The topological polar surface area (TPSA) is 69.9 Å². The molecule has 1 rings (SSSR count). The van der Waals surface area contributed by atoms with Crippen molar-refractivity contribution >= 4 is 0 Å². The first-order valence-electron chi connectivity index (χ1n) is 11.3. The molecule has 156 valence electrons. The van der Waals surface area contributed by atoms with Gasteiger partial charge in [0.25, 0.3) is 0 Å². The molecule has 26 heavy (non-hydrogen) atoms. The number of hydrogen-bond donors (Lipinski definition) is 3. The SMILES string of the molecule is CCCCCCCCCCCCCCCCCC1OC[C@@H](O)[C@H](O)[C@H]1O. The highest BCUT2D eigenvalue weighted by molar-refractivity contribution is 4.86. The van der Waals surface area contributed by atoms with E-state index in [2.05, 4.69) is 6.92 Å². The molecule has 4 nitrogen and oxygen atoms in total. The van der Waals surface area contributed by atoms with Gasteiger partial charge in [-0.2, -0.15) is 0 Å². The molecular formula is C22H44O4. The normalized spacial score (nSPS) is 26.3. The summed E-state index contributed by atoms with van der Waals surface area (Å²) in [6, 6.07) is 0. The predicted molar refractivity (Wildman–Crippen MR) is 107 cm³/mol. The molecule has 1 aliphatic heterocycles. The van der Waals surface area contributed by atoms with E-state index in [1.54, 1.807) is 0 Å². The Hall–Kier alpha value is -0.160. The number of rotatable bonds is 16. The van der Waals surface area contributed by atoms with Crippen LogP contribution < -0.4 is 0 Å². The maximum Gasteiger partial charge on any atom is 0.111 e. The Morgan fingerprint density at radius 1 is 0.615 bits per heavy atom. The summed E-state index contributed by atoms with van der Waals surface area (Å²) in [6.45, 7) is 2.40. The molecule has 0 aliphatic carbocycles. The first-order valence-corrected chi connectivity index (χ1v) is 11.3. The maximum absolute atomic E-state index is 9.89. The van der Waals surface area contributed by atoms with E-state index in [9.17, 15) is 15.3 Å². The molecule has 0 radical (unpaired) electrons. The molecule has 0 amide bonds. The van der Waals surface area contributed by atoms with E-state index in [1.165, 1.54) is 83.5 Å². The van der Waals surface area contributed by atoms with Crippen LogP contribution in [0.5, 0.6) is 0 Å². The number of unbranched alkanes of at least 4 members (excludes halogenated alkanes) is 14. The number of aliphatic hydroxyl groups excluding tert-OH is 3. The standard InChI is InChI=1S/C22H44O4/c1-2-3-4-5-6-7-8-9-10-11-12-13-14-15-16-17-20-22(25)21(24)19(23)18-26-20/h19-25H,2-18H2,1H3/t19-,20?,21+,22+/m1/s1. The fourth-order valence-electron chi connectivity index (χ4n) is 3.84. The maximum atomic E-state index is 9.89. The zero-order valence-electron chi connectivity index (χ0n) is 17.1. The van der Waals surface area contributed by atoms with Gasteiger partial charge in [-0.3, -0.25) is 0 Å². The summed E-state index contributed by atoms with van der Waals surface area (Å²) in [5.74, 6) is 0. The Kier molecular flexibility index (Phi) is 14.6.